The molecule has 0 N–H and O–H groups in total. The molecule has 0 amide bonds. The molecule has 1 aliphatic rings. The molecule has 2 rings (SSSR count). The molecule has 0 aliphatic carbocycles. The third kappa shape index (κ3) is 2.89. The molecule has 2 heteroatoms. The first-order valence-corrected chi connectivity index (χ1v) is 10.1. The highest BCUT2D eigenvalue weighted by molar-refractivity contribution is 7.72. The van der Waals surface area contributed by atoms with Crippen molar-refractivity contribution in [1.29, 1.82) is 0 Å². The molecule has 1 aromatic carbocycles. The van der Waals surface area contributed by atoms with Gasteiger partial charge >= 0.3 is 0 Å². The number of hydrogen-bond donors (Lipinski definition) is 0. The molecule has 0 radical (unpaired) electrons. The Morgan fingerprint density at radius 2 is 1.80 bits per heavy atom. The lowest BCUT2D eigenvalue weighted by Crippen LogP contribution is -2.19. The lowest BCUT2D eigenvalue weighted by molar-refractivity contribution is 0.582. The summed E-state index contributed by atoms with van der Waals surface area (Å²) in [5.74, 6) is 1.60. The molecule has 112 valence electrons. The molecule has 2 atom stereocenters. The monoisotopic (exact) mass is 292 g/mol. The standard InChI is InChI=1S/C18H29OP/c1-12(2)16-9-15(6)18(17(10-16)13(3)4)20(19)8-7-14(5)11-20/h9-10,12-14H,7-8,11H2,1-6H3. The summed E-state index contributed by atoms with van der Waals surface area (Å²) in [4.78, 5) is 0. The normalized spacial score (nSPS) is 26.7. The van der Waals surface area contributed by atoms with E-state index < -0.39 is 7.14 Å². The van der Waals surface area contributed by atoms with Gasteiger partial charge in [0.2, 0.25) is 0 Å². The second-order valence-electron chi connectivity index (χ2n) is 7.27. The summed E-state index contributed by atoms with van der Waals surface area (Å²) in [5.41, 5.74) is 3.98. The zero-order chi connectivity index (χ0) is 15.1. The molecule has 0 bridgehead atoms. The van der Waals surface area contributed by atoms with Crippen molar-refractivity contribution in [3.63, 3.8) is 0 Å². The molecule has 0 saturated carbocycles. The van der Waals surface area contributed by atoms with Crippen LogP contribution in [-0.4, -0.2) is 12.3 Å². The van der Waals surface area contributed by atoms with Crippen LogP contribution in [0.2, 0.25) is 0 Å². The van der Waals surface area contributed by atoms with Gasteiger partial charge in [-0.1, -0.05) is 46.8 Å². The Bertz CT molecular complexity index is 543. The molecule has 2 unspecified atom stereocenters. The zero-order valence-corrected chi connectivity index (χ0v) is 14.8. The Morgan fingerprint density at radius 3 is 2.25 bits per heavy atom. The van der Waals surface area contributed by atoms with E-state index in [1.165, 1.54) is 22.0 Å². The molecule has 1 aliphatic heterocycles. The summed E-state index contributed by atoms with van der Waals surface area (Å²) in [7, 11) is -2.16. The molecule has 1 nitrogen and oxygen atoms in total. The van der Waals surface area contributed by atoms with E-state index in [0.717, 1.165) is 18.7 Å². The predicted molar refractivity (Wildman–Crippen MR) is 90.1 cm³/mol. The van der Waals surface area contributed by atoms with E-state index in [1.807, 2.05) is 0 Å². The lowest BCUT2D eigenvalue weighted by Gasteiger charge is -2.24. The average molecular weight is 292 g/mol. The first-order chi connectivity index (χ1) is 9.24. The fraction of sp³-hybridized carbons (Fsp3) is 0.667. The van der Waals surface area contributed by atoms with E-state index in [1.54, 1.807) is 0 Å². The van der Waals surface area contributed by atoms with Gasteiger partial charge < -0.3 is 4.57 Å². The van der Waals surface area contributed by atoms with Crippen molar-refractivity contribution in [3.05, 3.63) is 28.8 Å². The molecular weight excluding hydrogens is 263 g/mol. The van der Waals surface area contributed by atoms with Crippen molar-refractivity contribution in [3.8, 4) is 0 Å². The van der Waals surface area contributed by atoms with E-state index in [4.69, 9.17) is 0 Å². The summed E-state index contributed by atoms with van der Waals surface area (Å²) >= 11 is 0. The van der Waals surface area contributed by atoms with Crippen molar-refractivity contribution in [2.24, 2.45) is 5.92 Å². The molecule has 1 heterocycles. The maximum absolute atomic E-state index is 13.5. The smallest absolute Gasteiger partial charge is 0.116 e. The van der Waals surface area contributed by atoms with Gasteiger partial charge in [0.05, 0.1) is 0 Å². The molecular formula is C18H29OP. The summed E-state index contributed by atoms with van der Waals surface area (Å²) in [6.45, 7) is 13.3. The molecule has 20 heavy (non-hydrogen) atoms. The van der Waals surface area contributed by atoms with E-state index in [9.17, 15) is 4.57 Å². The summed E-state index contributed by atoms with van der Waals surface area (Å²) in [6, 6.07) is 4.59. The van der Waals surface area contributed by atoms with Gasteiger partial charge in [0.15, 0.2) is 0 Å². The van der Waals surface area contributed by atoms with E-state index in [-0.39, 0.29) is 0 Å². The minimum absolute atomic E-state index is 0.448. The second-order valence-corrected chi connectivity index (χ2v) is 10.3. The lowest BCUT2D eigenvalue weighted by atomic mass is 9.93. The van der Waals surface area contributed by atoms with Gasteiger partial charge in [0.25, 0.3) is 0 Å². The van der Waals surface area contributed by atoms with Gasteiger partial charge in [-0.3, -0.25) is 0 Å². The van der Waals surface area contributed by atoms with Gasteiger partial charge in [-0.2, -0.15) is 0 Å². The molecule has 1 fully saturated rings. The van der Waals surface area contributed by atoms with Crippen LogP contribution in [0, 0.1) is 12.8 Å². The van der Waals surface area contributed by atoms with Crippen LogP contribution in [0.15, 0.2) is 12.1 Å². The van der Waals surface area contributed by atoms with Crippen LogP contribution in [0.4, 0.5) is 0 Å². The minimum Gasteiger partial charge on any atom is -0.319 e. The van der Waals surface area contributed by atoms with Crippen LogP contribution in [0.3, 0.4) is 0 Å². The van der Waals surface area contributed by atoms with Crippen LogP contribution in [0.5, 0.6) is 0 Å². The number of hydrogen-bond acceptors (Lipinski definition) is 1. The first-order valence-electron chi connectivity index (χ1n) is 7.97. The largest absolute Gasteiger partial charge is 0.319 e. The molecule has 0 aromatic heterocycles. The average Bonchev–Trinajstić information content (AvgIpc) is 2.68. The Hall–Kier alpha value is -0.550. The van der Waals surface area contributed by atoms with Gasteiger partial charge in [-0.15, -0.1) is 0 Å². The van der Waals surface area contributed by atoms with Crippen molar-refractivity contribution in [2.45, 2.75) is 59.8 Å². The Kier molecular flexibility index (Phi) is 4.50. The SMILES string of the molecule is Cc1cc(C(C)C)cc(C(C)C)c1P1(=O)CCC(C)C1. The Labute approximate surface area is 124 Å². The van der Waals surface area contributed by atoms with Crippen LogP contribution in [0.25, 0.3) is 0 Å². The molecule has 1 saturated heterocycles. The maximum atomic E-state index is 13.5. The van der Waals surface area contributed by atoms with Crippen LogP contribution in [-0.2, 0) is 4.57 Å². The predicted octanol–water partition coefficient (Wildman–Crippen LogP) is 5.27. The number of benzene rings is 1. The summed E-state index contributed by atoms with van der Waals surface area (Å²) < 4.78 is 13.5. The van der Waals surface area contributed by atoms with Crippen LogP contribution >= 0.6 is 7.14 Å². The van der Waals surface area contributed by atoms with Crippen LogP contribution < -0.4 is 5.30 Å². The van der Waals surface area contributed by atoms with Gasteiger partial charge in [0.1, 0.15) is 7.14 Å². The van der Waals surface area contributed by atoms with E-state index in [0.29, 0.717) is 17.8 Å². The molecule has 1 aromatic rings. The first kappa shape index (κ1) is 15.8. The maximum Gasteiger partial charge on any atom is 0.116 e. The molecule has 0 spiro atoms. The minimum atomic E-state index is -2.16. The Balaban J connectivity index is 2.60. The number of rotatable bonds is 3. The topological polar surface area (TPSA) is 17.1 Å². The zero-order valence-electron chi connectivity index (χ0n) is 13.9. The van der Waals surface area contributed by atoms with Crippen molar-refractivity contribution < 1.29 is 4.57 Å². The second kappa shape index (κ2) is 5.68. The highest BCUT2D eigenvalue weighted by Gasteiger charge is 2.36. The number of aryl methyl sites for hydroxylation is 1. The van der Waals surface area contributed by atoms with E-state index >= 15 is 0 Å². The fourth-order valence-electron chi connectivity index (χ4n) is 3.48. The summed E-state index contributed by atoms with van der Waals surface area (Å²) in [6.07, 6.45) is 2.95. The van der Waals surface area contributed by atoms with Crippen molar-refractivity contribution in [1.82, 2.24) is 0 Å². The van der Waals surface area contributed by atoms with Crippen LogP contribution in [0.1, 0.15) is 69.6 Å². The van der Waals surface area contributed by atoms with Gasteiger partial charge in [0, 0.05) is 17.6 Å². The summed E-state index contributed by atoms with van der Waals surface area (Å²) in [5, 5.41) is 1.22. The third-order valence-electron chi connectivity index (χ3n) is 4.64. The highest BCUT2D eigenvalue weighted by Crippen LogP contribution is 2.55. The van der Waals surface area contributed by atoms with Crippen molar-refractivity contribution >= 4 is 12.4 Å². The highest BCUT2D eigenvalue weighted by atomic mass is 31.2. The quantitative estimate of drug-likeness (QED) is 0.694. The fourth-order valence-corrected chi connectivity index (χ4v) is 7.62. The third-order valence-corrected chi connectivity index (χ3v) is 8.26. The van der Waals surface area contributed by atoms with Crippen molar-refractivity contribution in [2.75, 3.05) is 12.3 Å². The van der Waals surface area contributed by atoms with Gasteiger partial charge in [-0.05, 0) is 47.8 Å². The Morgan fingerprint density at radius 1 is 1.15 bits per heavy atom. The van der Waals surface area contributed by atoms with Gasteiger partial charge in [-0.25, -0.2) is 0 Å². The van der Waals surface area contributed by atoms with E-state index in [2.05, 4.69) is 53.7 Å².